The van der Waals surface area contributed by atoms with E-state index in [0.717, 1.165) is 23.9 Å². The molecule has 0 spiro atoms. The highest BCUT2D eigenvalue weighted by atomic mass is 35.5. The number of hydrogen-bond acceptors (Lipinski definition) is 3. The van der Waals surface area contributed by atoms with Crippen molar-refractivity contribution >= 4 is 11.6 Å². The zero-order chi connectivity index (χ0) is 13.0. The lowest BCUT2D eigenvalue weighted by Crippen LogP contribution is -2.35. The van der Waals surface area contributed by atoms with Crippen molar-refractivity contribution in [2.75, 3.05) is 27.2 Å². The Labute approximate surface area is 114 Å². The summed E-state index contributed by atoms with van der Waals surface area (Å²) in [6, 6.07) is 6.27. The number of benzene rings is 1. The van der Waals surface area contributed by atoms with E-state index in [9.17, 15) is 0 Å². The van der Waals surface area contributed by atoms with Crippen molar-refractivity contribution in [2.45, 2.75) is 18.9 Å². The summed E-state index contributed by atoms with van der Waals surface area (Å²) in [5.74, 6) is 1.45. The van der Waals surface area contributed by atoms with Crippen LogP contribution in [0, 0.1) is 5.92 Å². The van der Waals surface area contributed by atoms with E-state index in [0.29, 0.717) is 12.0 Å². The van der Waals surface area contributed by atoms with E-state index < -0.39 is 0 Å². The Kier molecular flexibility index (Phi) is 4.87. The molecule has 3 nitrogen and oxygen atoms in total. The van der Waals surface area contributed by atoms with E-state index in [1.54, 1.807) is 7.11 Å². The largest absolute Gasteiger partial charge is 0.497 e. The summed E-state index contributed by atoms with van der Waals surface area (Å²) >= 11 is 6.37. The van der Waals surface area contributed by atoms with Crippen molar-refractivity contribution in [3.63, 3.8) is 0 Å². The van der Waals surface area contributed by atoms with Crippen LogP contribution in [0.1, 0.15) is 24.4 Å². The maximum absolute atomic E-state index is 6.37. The SMILES string of the molecule is CNC(c1ccc(OC)cc1Cl)C1CCNCC1. The summed E-state index contributed by atoms with van der Waals surface area (Å²) in [5.41, 5.74) is 1.17. The first-order valence-corrected chi connectivity index (χ1v) is 6.85. The average Bonchev–Trinajstić information content (AvgIpc) is 2.42. The second-order valence-corrected chi connectivity index (χ2v) is 5.15. The number of ether oxygens (including phenoxy) is 1. The molecule has 1 unspecified atom stereocenters. The maximum atomic E-state index is 6.37. The van der Waals surface area contributed by atoms with Crippen molar-refractivity contribution in [2.24, 2.45) is 5.92 Å². The maximum Gasteiger partial charge on any atom is 0.120 e. The van der Waals surface area contributed by atoms with Gasteiger partial charge in [0.25, 0.3) is 0 Å². The highest BCUT2D eigenvalue weighted by molar-refractivity contribution is 6.31. The Morgan fingerprint density at radius 3 is 2.67 bits per heavy atom. The fourth-order valence-corrected chi connectivity index (χ4v) is 3.00. The van der Waals surface area contributed by atoms with Crippen LogP contribution in [0.25, 0.3) is 0 Å². The lowest BCUT2D eigenvalue weighted by atomic mass is 9.86. The van der Waals surface area contributed by atoms with Gasteiger partial charge in [-0.3, -0.25) is 0 Å². The van der Waals surface area contributed by atoms with Gasteiger partial charge in [-0.05, 0) is 56.6 Å². The molecular formula is C14H21ClN2O. The predicted molar refractivity (Wildman–Crippen MR) is 75.4 cm³/mol. The number of methoxy groups -OCH3 is 1. The Morgan fingerprint density at radius 1 is 1.39 bits per heavy atom. The van der Waals surface area contributed by atoms with Crippen LogP contribution in [-0.4, -0.2) is 27.2 Å². The van der Waals surface area contributed by atoms with E-state index in [1.165, 1.54) is 18.4 Å². The summed E-state index contributed by atoms with van der Waals surface area (Å²) in [4.78, 5) is 0. The van der Waals surface area contributed by atoms with Crippen LogP contribution in [0.15, 0.2) is 18.2 Å². The molecule has 0 aliphatic carbocycles. The number of nitrogens with one attached hydrogen (secondary N) is 2. The Bertz CT molecular complexity index is 391. The van der Waals surface area contributed by atoms with Gasteiger partial charge in [0.15, 0.2) is 0 Å². The highest BCUT2D eigenvalue weighted by Gasteiger charge is 2.25. The van der Waals surface area contributed by atoms with Crippen molar-refractivity contribution in [1.29, 1.82) is 0 Å². The van der Waals surface area contributed by atoms with Crippen molar-refractivity contribution in [1.82, 2.24) is 10.6 Å². The lowest BCUT2D eigenvalue weighted by molar-refractivity contribution is 0.294. The monoisotopic (exact) mass is 268 g/mol. The Balaban J connectivity index is 2.20. The first kappa shape index (κ1) is 13.7. The fourth-order valence-electron chi connectivity index (χ4n) is 2.71. The second kappa shape index (κ2) is 6.41. The van der Waals surface area contributed by atoms with Gasteiger partial charge in [-0.1, -0.05) is 17.7 Å². The van der Waals surface area contributed by atoms with Gasteiger partial charge in [0.05, 0.1) is 7.11 Å². The average molecular weight is 269 g/mol. The van der Waals surface area contributed by atoms with E-state index in [2.05, 4.69) is 16.7 Å². The fraction of sp³-hybridized carbons (Fsp3) is 0.571. The van der Waals surface area contributed by atoms with Gasteiger partial charge in [0.2, 0.25) is 0 Å². The van der Waals surface area contributed by atoms with Gasteiger partial charge in [-0.2, -0.15) is 0 Å². The molecule has 1 saturated heterocycles. The minimum Gasteiger partial charge on any atom is -0.497 e. The summed E-state index contributed by atoms with van der Waals surface area (Å²) in [6.07, 6.45) is 2.38. The molecule has 2 rings (SSSR count). The minimum atomic E-state index is 0.325. The van der Waals surface area contributed by atoms with Crippen molar-refractivity contribution in [3.8, 4) is 5.75 Å². The molecule has 1 aromatic rings. The molecular weight excluding hydrogens is 248 g/mol. The zero-order valence-corrected chi connectivity index (χ0v) is 11.8. The van der Waals surface area contributed by atoms with Gasteiger partial charge in [-0.25, -0.2) is 0 Å². The molecule has 0 aromatic heterocycles. The Hall–Kier alpha value is -0.770. The molecule has 1 aromatic carbocycles. The molecule has 0 amide bonds. The third-order valence-electron chi connectivity index (χ3n) is 3.71. The number of hydrogen-bond donors (Lipinski definition) is 2. The number of piperidine rings is 1. The molecule has 0 saturated carbocycles. The first-order chi connectivity index (χ1) is 8.76. The van der Waals surface area contributed by atoms with Crippen LogP contribution in [-0.2, 0) is 0 Å². The summed E-state index contributed by atoms with van der Waals surface area (Å²) < 4.78 is 5.19. The third kappa shape index (κ3) is 2.97. The third-order valence-corrected chi connectivity index (χ3v) is 4.04. The first-order valence-electron chi connectivity index (χ1n) is 6.47. The van der Waals surface area contributed by atoms with Gasteiger partial charge in [-0.15, -0.1) is 0 Å². The van der Waals surface area contributed by atoms with Crippen LogP contribution in [0.2, 0.25) is 5.02 Å². The van der Waals surface area contributed by atoms with E-state index in [-0.39, 0.29) is 0 Å². The molecule has 18 heavy (non-hydrogen) atoms. The molecule has 2 N–H and O–H groups in total. The lowest BCUT2D eigenvalue weighted by Gasteiger charge is -2.31. The van der Waals surface area contributed by atoms with Gasteiger partial charge in [0.1, 0.15) is 5.75 Å². The van der Waals surface area contributed by atoms with Crippen LogP contribution in [0.4, 0.5) is 0 Å². The van der Waals surface area contributed by atoms with Crippen LogP contribution in [0.5, 0.6) is 5.75 Å². The molecule has 4 heteroatoms. The molecule has 1 aliphatic rings. The topological polar surface area (TPSA) is 33.3 Å². The van der Waals surface area contributed by atoms with Gasteiger partial charge < -0.3 is 15.4 Å². The number of halogens is 1. The molecule has 1 atom stereocenters. The smallest absolute Gasteiger partial charge is 0.120 e. The molecule has 0 bridgehead atoms. The van der Waals surface area contributed by atoms with Gasteiger partial charge in [0, 0.05) is 11.1 Å². The highest BCUT2D eigenvalue weighted by Crippen LogP contribution is 2.34. The summed E-state index contributed by atoms with van der Waals surface area (Å²) in [6.45, 7) is 2.19. The molecule has 1 heterocycles. The van der Waals surface area contributed by atoms with E-state index in [4.69, 9.17) is 16.3 Å². The van der Waals surface area contributed by atoms with Crippen molar-refractivity contribution in [3.05, 3.63) is 28.8 Å². The zero-order valence-electron chi connectivity index (χ0n) is 11.0. The molecule has 0 radical (unpaired) electrons. The van der Waals surface area contributed by atoms with E-state index >= 15 is 0 Å². The van der Waals surface area contributed by atoms with Crippen LogP contribution < -0.4 is 15.4 Å². The normalized spacial score (nSPS) is 18.6. The Morgan fingerprint density at radius 2 is 2.11 bits per heavy atom. The van der Waals surface area contributed by atoms with Crippen LogP contribution >= 0.6 is 11.6 Å². The second-order valence-electron chi connectivity index (χ2n) is 4.74. The van der Waals surface area contributed by atoms with Crippen molar-refractivity contribution < 1.29 is 4.74 Å². The van der Waals surface area contributed by atoms with E-state index in [1.807, 2.05) is 19.2 Å². The number of rotatable bonds is 4. The summed E-state index contributed by atoms with van der Waals surface area (Å²) in [7, 11) is 3.67. The predicted octanol–water partition coefficient (Wildman–Crippen LogP) is 2.61. The quantitative estimate of drug-likeness (QED) is 0.881. The minimum absolute atomic E-state index is 0.325. The molecule has 1 fully saturated rings. The molecule has 100 valence electrons. The molecule has 1 aliphatic heterocycles. The van der Waals surface area contributed by atoms with Crippen LogP contribution in [0.3, 0.4) is 0 Å². The standard InChI is InChI=1S/C14H21ClN2O/c1-16-14(10-5-7-17-8-6-10)12-4-3-11(18-2)9-13(12)15/h3-4,9-10,14,16-17H,5-8H2,1-2H3. The van der Waals surface area contributed by atoms with Gasteiger partial charge >= 0.3 is 0 Å². The summed E-state index contributed by atoms with van der Waals surface area (Å²) in [5, 5.41) is 7.60.